The molecule has 1 fully saturated rings. The molecule has 0 aromatic carbocycles. The van der Waals surface area contributed by atoms with Gasteiger partial charge in [-0.05, 0) is 25.7 Å². The molecule has 0 bridgehead atoms. The van der Waals surface area contributed by atoms with E-state index in [9.17, 15) is 4.79 Å². The lowest BCUT2D eigenvalue weighted by atomic mass is 10.1. The number of hydrogen-bond acceptors (Lipinski definition) is 4. The van der Waals surface area contributed by atoms with Crippen LogP contribution in [0, 0.1) is 0 Å². The van der Waals surface area contributed by atoms with E-state index in [1.165, 1.54) is 0 Å². The number of likely N-dealkylation sites (tertiary alicyclic amines) is 1. The standard InChI is InChI=1S/C13H20N2O2S/c1-3-5-12-14-11(9-18-12)13(16)15-7-4-6-10(8-15)17-2/h9-10H,3-8H2,1-2H3/t10-/m1/s1. The molecule has 0 unspecified atom stereocenters. The van der Waals surface area contributed by atoms with Crippen LogP contribution in [0.4, 0.5) is 0 Å². The number of aryl methyl sites for hydroxylation is 1. The van der Waals surface area contributed by atoms with Crippen molar-refractivity contribution in [1.29, 1.82) is 0 Å². The van der Waals surface area contributed by atoms with Gasteiger partial charge in [-0.25, -0.2) is 4.98 Å². The molecule has 1 saturated heterocycles. The Kier molecular flexibility index (Phi) is 4.72. The summed E-state index contributed by atoms with van der Waals surface area (Å²) in [6, 6.07) is 0. The Balaban J connectivity index is 2.00. The Bertz CT molecular complexity index is 405. The van der Waals surface area contributed by atoms with Gasteiger partial charge >= 0.3 is 0 Å². The molecular weight excluding hydrogens is 248 g/mol. The number of methoxy groups -OCH3 is 1. The number of piperidine rings is 1. The van der Waals surface area contributed by atoms with E-state index >= 15 is 0 Å². The highest BCUT2D eigenvalue weighted by Crippen LogP contribution is 2.18. The summed E-state index contributed by atoms with van der Waals surface area (Å²) >= 11 is 1.58. The van der Waals surface area contributed by atoms with Crippen molar-refractivity contribution in [2.45, 2.75) is 38.7 Å². The largest absolute Gasteiger partial charge is 0.380 e. The van der Waals surface area contributed by atoms with Gasteiger partial charge in [0.2, 0.25) is 0 Å². The molecule has 1 atom stereocenters. The third-order valence-electron chi connectivity index (χ3n) is 3.23. The van der Waals surface area contributed by atoms with E-state index in [0.29, 0.717) is 12.2 Å². The predicted octanol–water partition coefficient (Wildman–Crippen LogP) is 2.35. The van der Waals surface area contributed by atoms with Crippen LogP contribution in [-0.2, 0) is 11.2 Å². The predicted molar refractivity (Wildman–Crippen MR) is 72.0 cm³/mol. The lowest BCUT2D eigenvalue weighted by molar-refractivity contribution is 0.0266. The highest BCUT2D eigenvalue weighted by atomic mass is 32.1. The SMILES string of the molecule is CCCc1nc(C(=O)N2CCC[C@@H](OC)C2)cs1. The molecule has 0 spiro atoms. The van der Waals surface area contributed by atoms with Crippen LogP contribution < -0.4 is 0 Å². The van der Waals surface area contributed by atoms with Crippen LogP contribution in [0.1, 0.15) is 41.7 Å². The van der Waals surface area contributed by atoms with Gasteiger partial charge in [-0.3, -0.25) is 4.79 Å². The van der Waals surface area contributed by atoms with Gasteiger partial charge in [0.25, 0.3) is 5.91 Å². The van der Waals surface area contributed by atoms with Gasteiger partial charge in [0, 0.05) is 25.6 Å². The van der Waals surface area contributed by atoms with Gasteiger partial charge in [-0.2, -0.15) is 0 Å². The van der Waals surface area contributed by atoms with Gasteiger partial charge in [0.1, 0.15) is 5.69 Å². The maximum atomic E-state index is 12.3. The van der Waals surface area contributed by atoms with Crippen LogP contribution in [0.2, 0.25) is 0 Å². The highest BCUT2D eigenvalue weighted by Gasteiger charge is 2.25. The molecule has 1 aliphatic rings. The number of aromatic nitrogens is 1. The zero-order valence-corrected chi connectivity index (χ0v) is 11.8. The molecule has 1 aliphatic heterocycles. The number of nitrogens with zero attached hydrogens (tertiary/aromatic N) is 2. The Labute approximate surface area is 112 Å². The molecule has 18 heavy (non-hydrogen) atoms. The first kappa shape index (κ1) is 13.5. The summed E-state index contributed by atoms with van der Waals surface area (Å²) in [6.07, 6.45) is 4.25. The van der Waals surface area contributed by atoms with Crippen molar-refractivity contribution < 1.29 is 9.53 Å². The zero-order chi connectivity index (χ0) is 13.0. The zero-order valence-electron chi connectivity index (χ0n) is 11.0. The lowest BCUT2D eigenvalue weighted by Crippen LogP contribution is -2.43. The molecule has 5 heteroatoms. The van der Waals surface area contributed by atoms with Gasteiger partial charge < -0.3 is 9.64 Å². The minimum Gasteiger partial charge on any atom is -0.380 e. The van der Waals surface area contributed by atoms with Crippen molar-refractivity contribution in [3.8, 4) is 0 Å². The summed E-state index contributed by atoms with van der Waals surface area (Å²) in [5.74, 6) is 0.0513. The van der Waals surface area contributed by atoms with Gasteiger partial charge in [0.05, 0.1) is 11.1 Å². The van der Waals surface area contributed by atoms with Crippen LogP contribution in [0.15, 0.2) is 5.38 Å². The number of thiazole rings is 1. The Morgan fingerprint density at radius 2 is 2.50 bits per heavy atom. The normalized spacial score (nSPS) is 20.1. The van der Waals surface area contributed by atoms with E-state index in [4.69, 9.17) is 4.74 Å². The number of hydrogen-bond donors (Lipinski definition) is 0. The molecule has 0 aliphatic carbocycles. The number of ether oxygens (including phenoxy) is 1. The Hall–Kier alpha value is -0.940. The van der Waals surface area contributed by atoms with E-state index < -0.39 is 0 Å². The van der Waals surface area contributed by atoms with E-state index in [1.807, 2.05) is 10.3 Å². The van der Waals surface area contributed by atoms with Crippen molar-refractivity contribution in [3.63, 3.8) is 0 Å². The maximum absolute atomic E-state index is 12.3. The first-order valence-electron chi connectivity index (χ1n) is 6.51. The fourth-order valence-electron chi connectivity index (χ4n) is 2.21. The van der Waals surface area contributed by atoms with Crippen LogP contribution in [0.25, 0.3) is 0 Å². The smallest absolute Gasteiger partial charge is 0.273 e. The van der Waals surface area contributed by atoms with Crippen LogP contribution in [0.5, 0.6) is 0 Å². The fraction of sp³-hybridized carbons (Fsp3) is 0.692. The maximum Gasteiger partial charge on any atom is 0.273 e. The van der Waals surface area contributed by atoms with E-state index in [-0.39, 0.29) is 12.0 Å². The molecule has 4 nitrogen and oxygen atoms in total. The summed E-state index contributed by atoms with van der Waals surface area (Å²) in [6.45, 7) is 3.63. The molecule has 1 amide bonds. The van der Waals surface area contributed by atoms with Crippen LogP contribution in [-0.4, -0.2) is 42.1 Å². The van der Waals surface area contributed by atoms with Crippen molar-refractivity contribution in [2.75, 3.05) is 20.2 Å². The average Bonchev–Trinajstić information content (AvgIpc) is 2.87. The molecule has 0 saturated carbocycles. The summed E-state index contributed by atoms with van der Waals surface area (Å²) in [4.78, 5) is 18.6. The van der Waals surface area contributed by atoms with E-state index in [2.05, 4.69) is 11.9 Å². The number of carbonyl (C=O) groups is 1. The number of amides is 1. The van der Waals surface area contributed by atoms with E-state index in [0.717, 1.165) is 37.2 Å². The highest BCUT2D eigenvalue weighted by molar-refractivity contribution is 7.09. The summed E-state index contributed by atoms with van der Waals surface area (Å²) in [5.41, 5.74) is 0.597. The monoisotopic (exact) mass is 268 g/mol. The first-order valence-corrected chi connectivity index (χ1v) is 7.39. The van der Waals surface area contributed by atoms with Crippen molar-refractivity contribution >= 4 is 17.2 Å². The fourth-order valence-corrected chi connectivity index (χ4v) is 3.09. The molecule has 1 aromatic heterocycles. The topological polar surface area (TPSA) is 42.4 Å². The summed E-state index contributed by atoms with van der Waals surface area (Å²) in [7, 11) is 1.71. The number of carbonyl (C=O) groups excluding carboxylic acids is 1. The second kappa shape index (κ2) is 6.29. The van der Waals surface area contributed by atoms with Crippen LogP contribution in [0.3, 0.4) is 0 Å². The van der Waals surface area contributed by atoms with Gasteiger partial charge in [0.15, 0.2) is 0 Å². The minimum absolute atomic E-state index is 0.0513. The third kappa shape index (κ3) is 3.09. The molecule has 1 aromatic rings. The van der Waals surface area contributed by atoms with Gasteiger partial charge in [-0.1, -0.05) is 6.92 Å². The summed E-state index contributed by atoms with van der Waals surface area (Å²) < 4.78 is 5.34. The molecule has 2 heterocycles. The quantitative estimate of drug-likeness (QED) is 0.842. The lowest BCUT2D eigenvalue weighted by Gasteiger charge is -2.31. The van der Waals surface area contributed by atoms with Crippen molar-refractivity contribution in [2.24, 2.45) is 0 Å². The van der Waals surface area contributed by atoms with Crippen LogP contribution >= 0.6 is 11.3 Å². The van der Waals surface area contributed by atoms with E-state index in [1.54, 1.807) is 18.4 Å². The second-order valence-corrected chi connectivity index (χ2v) is 5.57. The third-order valence-corrected chi connectivity index (χ3v) is 4.14. The Morgan fingerprint density at radius 3 is 3.22 bits per heavy atom. The summed E-state index contributed by atoms with van der Waals surface area (Å²) in [5, 5.41) is 2.94. The molecule has 0 radical (unpaired) electrons. The molecule has 2 rings (SSSR count). The molecule has 100 valence electrons. The number of rotatable bonds is 4. The molecular formula is C13H20N2O2S. The van der Waals surface area contributed by atoms with Crippen molar-refractivity contribution in [1.82, 2.24) is 9.88 Å². The molecule has 0 N–H and O–H groups in total. The average molecular weight is 268 g/mol. The minimum atomic E-state index is 0.0513. The first-order chi connectivity index (χ1) is 8.74. The van der Waals surface area contributed by atoms with Crippen molar-refractivity contribution in [3.05, 3.63) is 16.1 Å². The van der Waals surface area contributed by atoms with Gasteiger partial charge in [-0.15, -0.1) is 11.3 Å². The Morgan fingerprint density at radius 1 is 1.67 bits per heavy atom. The second-order valence-electron chi connectivity index (χ2n) is 4.63.